The van der Waals surface area contributed by atoms with E-state index in [1.54, 1.807) is 25.1 Å². The highest BCUT2D eigenvalue weighted by molar-refractivity contribution is 8.00. The number of thioether (sulfide) groups is 1. The fourth-order valence-corrected chi connectivity index (χ4v) is 3.88. The fourth-order valence-electron chi connectivity index (χ4n) is 2.23. The Labute approximate surface area is 152 Å². The quantitative estimate of drug-likeness (QED) is 0.519. The van der Waals surface area contributed by atoms with Gasteiger partial charge in [-0.15, -0.1) is 10.2 Å². The van der Waals surface area contributed by atoms with Gasteiger partial charge in [0.05, 0.1) is 12.8 Å². The van der Waals surface area contributed by atoms with Crippen LogP contribution in [-0.4, -0.2) is 31.7 Å². The Morgan fingerprint density at radius 1 is 1.28 bits per heavy atom. The van der Waals surface area contributed by atoms with Gasteiger partial charge in [-0.3, -0.25) is 4.40 Å². The van der Waals surface area contributed by atoms with Gasteiger partial charge in [0.1, 0.15) is 5.75 Å². The van der Waals surface area contributed by atoms with Crippen LogP contribution in [0.1, 0.15) is 5.69 Å². The SMILES string of the molecule is COc1cccc(Nc2nnc(SCc3cn4cccnc4n3)s2)c1. The predicted molar refractivity (Wildman–Crippen MR) is 98.7 cm³/mol. The van der Waals surface area contributed by atoms with Crippen LogP contribution in [0.15, 0.2) is 53.3 Å². The van der Waals surface area contributed by atoms with E-state index in [-0.39, 0.29) is 0 Å². The van der Waals surface area contributed by atoms with Gasteiger partial charge in [0, 0.05) is 36.1 Å². The highest BCUT2D eigenvalue weighted by atomic mass is 32.2. The Bertz CT molecular complexity index is 966. The van der Waals surface area contributed by atoms with Crippen molar-refractivity contribution in [2.45, 2.75) is 10.1 Å². The predicted octanol–water partition coefficient (Wildman–Crippen LogP) is 3.63. The first kappa shape index (κ1) is 15.9. The molecule has 0 amide bonds. The molecule has 0 fully saturated rings. The summed E-state index contributed by atoms with van der Waals surface area (Å²) < 4.78 is 8.01. The zero-order chi connectivity index (χ0) is 17.1. The number of anilines is 2. The lowest BCUT2D eigenvalue weighted by Gasteiger charge is -2.04. The normalized spacial score (nSPS) is 10.9. The number of fused-ring (bicyclic) bond motifs is 1. The number of nitrogens with one attached hydrogen (secondary N) is 1. The monoisotopic (exact) mass is 370 g/mol. The van der Waals surface area contributed by atoms with Crippen molar-refractivity contribution in [3.8, 4) is 5.75 Å². The van der Waals surface area contributed by atoms with Crippen molar-refractivity contribution in [1.29, 1.82) is 0 Å². The maximum atomic E-state index is 5.22. The van der Waals surface area contributed by atoms with E-state index < -0.39 is 0 Å². The van der Waals surface area contributed by atoms with Crippen molar-refractivity contribution in [1.82, 2.24) is 24.6 Å². The molecule has 1 N–H and O–H groups in total. The van der Waals surface area contributed by atoms with Gasteiger partial charge < -0.3 is 10.1 Å². The van der Waals surface area contributed by atoms with Crippen molar-refractivity contribution in [3.63, 3.8) is 0 Å². The molecule has 4 aromatic rings. The molecule has 25 heavy (non-hydrogen) atoms. The molecule has 9 heteroatoms. The molecular weight excluding hydrogens is 356 g/mol. The Morgan fingerprint density at radius 2 is 2.24 bits per heavy atom. The number of aromatic nitrogens is 5. The zero-order valence-corrected chi connectivity index (χ0v) is 14.9. The van der Waals surface area contributed by atoms with Crippen LogP contribution < -0.4 is 10.1 Å². The number of hydrogen-bond acceptors (Lipinski definition) is 8. The van der Waals surface area contributed by atoms with E-state index in [1.807, 2.05) is 47.1 Å². The highest BCUT2D eigenvalue weighted by Crippen LogP contribution is 2.30. The van der Waals surface area contributed by atoms with Crippen LogP contribution in [0.5, 0.6) is 5.75 Å². The van der Waals surface area contributed by atoms with Crippen LogP contribution in [0.4, 0.5) is 10.8 Å². The lowest BCUT2D eigenvalue weighted by Crippen LogP contribution is -1.90. The summed E-state index contributed by atoms with van der Waals surface area (Å²) in [6.45, 7) is 0. The molecule has 126 valence electrons. The average Bonchev–Trinajstić information content (AvgIpc) is 3.26. The summed E-state index contributed by atoms with van der Waals surface area (Å²) in [5, 5.41) is 12.4. The smallest absolute Gasteiger partial charge is 0.233 e. The molecular formula is C16H14N6OS2. The average molecular weight is 370 g/mol. The third-order valence-corrected chi connectivity index (χ3v) is 5.36. The number of nitrogens with zero attached hydrogens (tertiary/aromatic N) is 5. The molecule has 0 spiro atoms. The molecule has 0 atom stereocenters. The second kappa shape index (κ2) is 7.08. The number of methoxy groups -OCH3 is 1. The largest absolute Gasteiger partial charge is 0.497 e. The van der Waals surface area contributed by atoms with Gasteiger partial charge in [0.25, 0.3) is 0 Å². The third-order valence-electron chi connectivity index (χ3n) is 3.36. The minimum absolute atomic E-state index is 0.704. The van der Waals surface area contributed by atoms with Crippen LogP contribution in [-0.2, 0) is 5.75 Å². The topological polar surface area (TPSA) is 77.2 Å². The number of hydrogen-bond donors (Lipinski definition) is 1. The first-order valence-electron chi connectivity index (χ1n) is 7.46. The molecule has 1 aromatic carbocycles. The van der Waals surface area contributed by atoms with E-state index in [2.05, 4.69) is 25.5 Å². The zero-order valence-electron chi connectivity index (χ0n) is 13.3. The van der Waals surface area contributed by atoms with Gasteiger partial charge in [-0.1, -0.05) is 29.2 Å². The van der Waals surface area contributed by atoms with E-state index in [9.17, 15) is 0 Å². The van der Waals surface area contributed by atoms with Gasteiger partial charge >= 0.3 is 0 Å². The van der Waals surface area contributed by atoms with E-state index in [0.717, 1.165) is 32.4 Å². The first-order chi connectivity index (χ1) is 12.3. The maximum absolute atomic E-state index is 5.22. The summed E-state index contributed by atoms with van der Waals surface area (Å²) in [5.41, 5.74) is 1.87. The third kappa shape index (κ3) is 3.72. The second-order valence-corrected chi connectivity index (χ2v) is 7.28. The van der Waals surface area contributed by atoms with Crippen molar-refractivity contribution in [2.24, 2.45) is 0 Å². The minimum atomic E-state index is 0.704. The lowest BCUT2D eigenvalue weighted by molar-refractivity contribution is 0.415. The second-order valence-electron chi connectivity index (χ2n) is 5.08. The van der Waals surface area contributed by atoms with E-state index in [4.69, 9.17) is 4.74 Å². The summed E-state index contributed by atoms with van der Waals surface area (Å²) in [4.78, 5) is 8.70. The Balaban J connectivity index is 1.40. The number of imidazole rings is 1. The molecule has 3 aromatic heterocycles. The van der Waals surface area contributed by atoms with Gasteiger partial charge in [-0.25, -0.2) is 9.97 Å². The standard InChI is InChI=1S/C16H14N6OS2/c1-23-13-5-2-4-11(8-13)19-15-20-21-16(25-15)24-10-12-9-22-7-3-6-17-14(22)18-12/h2-9H,10H2,1H3,(H,19,20). The van der Waals surface area contributed by atoms with E-state index >= 15 is 0 Å². The summed E-state index contributed by atoms with van der Waals surface area (Å²) in [5.74, 6) is 2.22. The highest BCUT2D eigenvalue weighted by Gasteiger charge is 2.08. The van der Waals surface area contributed by atoms with Gasteiger partial charge in [0.15, 0.2) is 4.34 Å². The van der Waals surface area contributed by atoms with Crippen LogP contribution in [0.25, 0.3) is 5.78 Å². The van der Waals surface area contributed by atoms with Crippen molar-refractivity contribution >= 4 is 39.7 Å². The van der Waals surface area contributed by atoms with Gasteiger partial charge in [-0.05, 0) is 18.2 Å². The maximum Gasteiger partial charge on any atom is 0.233 e. The van der Waals surface area contributed by atoms with Crippen molar-refractivity contribution in [2.75, 3.05) is 12.4 Å². The first-order valence-corrected chi connectivity index (χ1v) is 9.26. The molecule has 0 unspecified atom stereocenters. The molecule has 4 rings (SSSR count). The van der Waals surface area contributed by atoms with Crippen molar-refractivity contribution < 1.29 is 4.74 Å². The molecule has 0 saturated heterocycles. The lowest BCUT2D eigenvalue weighted by atomic mass is 10.3. The fraction of sp³-hybridized carbons (Fsp3) is 0.125. The van der Waals surface area contributed by atoms with Crippen molar-refractivity contribution in [3.05, 3.63) is 54.6 Å². The number of benzene rings is 1. The molecule has 3 heterocycles. The van der Waals surface area contributed by atoms with E-state index in [1.165, 1.54) is 11.3 Å². The molecule has 7 nitrogen and oxygen atoms in total. The number of rotatable bonds is 6. The Morgan fingerprint density at radius 3 is 3.12 bits per heavy atom. The molecule has 0 aliphatic carbocycles. The van der Waals surface area contributed by atoms with Crippen LogP contribution >= 0.6 is 23.1 Å². The molecule has 0 aliphatic rings. The van der Waals surface area contributed by atoms with Gasteiger partial charge in [0.2, 0.25) is 10.9 Å². The minimum Gasteiger partial charge on any atom is -0.497 e. The summed E-state index contributed by atoms with van der Waals surface area (Å²) in [7, 11) is 1.65. The van der Waals surface area contributed by atoms with Gasteiger partial charge in [-0.2, -0.15) is 0 Å². The van der Waals surface area contributed by atoms with Crippen LogP contribution in [0, 0.1) is 0 Å². The van der Waals surface area contributed by atoms with Crippen LogP contribution in [0.3, 0.4) is 0 Å². The van der Waals surface area contributed by atoms with Crippen LogP contribution in [0.2, 0.25) is 0 Å². The summed E-state index contributed by atoms with van der Waals surface area (Å²) in [6.07, 6.45) is 5.65. The Hall–Kier alpha value is -2.65. The molecule has 0 aliphatic heterocycles. The summed E-state index contributed by atoms with van der Waals surface area (Å²) in [6, 6.07) is 9.58. The molecule has 0 bridgehead atoms. The summed E-state index contributed by atoms with van der Waals surface area (Å²) >= 11 is 3.11. The number of ether oxygens (including phenoxy) is 1. The van der Waals surface area contributed by atoms with E-state index in [0.29, 0.717) is 5.78 Å². The molecule has 0 radical (unpaired) electrons. The molecule has 0 saturated carbocycles. The Kier molecular flexibility index (Phi) is 4.49.